The Morgan fingerprint density at radius 1 is 1.35 bits per heavy atom. The fourth-order valence-electron chi connectivity index (χ4n) is 1.76. The molecule has 0 heterocycles. The van der Waals surface area contributed by atoms with Crippen LogP contribution in [0.5, 0.6) is 0 Å². The van der Waals surface area contributed by atoms with Crippen LogP contribution in [0.25, 0.3) is 0 Å². The van der Waals surface area contributed by atoms with Crippen molar-refractivity contribution in [2.24, 2.45) is 5.92 Å². The monoisotopic (exact) mass is 317 g/mol. The smallest absolute Gasteiger partial charge is 0.253 e. The van der Waals surface area contributed by atoms with Crippen molar-refractivity contribution in [2.45, 2.75) is 18.9 Å². The topological polar surface area (TPSA) is 58.6 Å². The number of carbonyl (C=O) groups is 1. The van der Waals surface area contributed by atoms with Gasteiger partial charge in [-0.25, -0.2) is 0 Å². The maximum atomic E-state index is 11.8. The average Bonchev–Trinajstić information content (AvgIpc) is 3.20. The third kappa shape index (κ3) is 4.94. The van der Waals surface area contributed by atoms with E-state index in [9.17, 15) is 9.90 Å². The number of hydrogen-bond acceptors (Lipinski definition) is 3. The molecule has 1 aromatic rings. The average molecular weight is 318 g/mol. The van der Waals surface area contributed by atoms with Gasteiger partial charge in [-0.2, -0.15) is 0 Å². The predicted molar refractivity (Wildman–Crippen MR) is 78.0 cm³/mol. The molecule has 1 aliphatic rings. The minimum Gasteiger partial charge on any atom is -0.379 e. The Kier molecular flexibility index (Phi) is 5.66. The van der Waals surface area contributed by atoms with Crippen molar-refractivity contribution < 1.29 is 14.6 Å². The number of amides is 1. The lowest BCUT2D eigenvalue weighted by Gasteiger charge is -2.12. The molecule has 1 aliphatic carbocycles. The van der Waals surface area contributed by atoms with Crippen LogP contribution in [0.4, 0.5) is 0 Å². The van der Waals surface area contributed by atoms with Crippen LogP contribution in [0.15, 0.2) is 18.2 Å². The highest BCUT2D eigenvalue weighted by atomic mass is 35.5. The maximum absolute atomic E-state index is 11.8. The molecule has 20 heavy (non-hydrogen) atoms. The Morgan fingerprint density at radius 2 is 2.00 bits per heavy atom. The summed E-state index contributed by atoms with van der Waals surface area (Å²) in [6.07, 6.45) is 1.19. The van der Waals surface area contributed by atoms with Crippen LogP contribution in [0, 0.1) is 5.92 Å². The molecule has 0 bridgehead atoms. The van der Waals surface area contributed by atoms with E-state index < -0.39 is 12.0 Å². The first-order valence-corrected chi connectivity index (χ1v) is 7.31. The van der Waals surface area contributed by atoms with Crippen LogP contribution in [0.2, 0.25) is 10.0 Å². The predicted octanol–water partition coefficient (Wildman–Crippen LogP) is 2.57. The minimum absolute atomic E-state index is 0.372. The van der Waals surface area contributed by atoms with Gasteiger partial charge in [0, 0.05) is 23.2 Å². The Hall–Kier alpha value is -0.810. The number of hydrogen-bond donors (Lipinski definition) is 2. The van der Waals surface area contributed by atoms with E-state index in [-0.39, 0.29) is 0 Å². The van der Waals surface area contributed by atoms with Crippen LogP contribution in [0.3, 0.4) is 0 Å². The van der Waals surface area contributed by atoms with Gasteiger partial charge in [0.15, 0.2) is 6.10 Å². The Balaban J connectivity index is 1.75. The SMILES string of the molecule is O=C(NCCOCC1CC1)C(O)c1cc(Cl)cc(Cl)c1. The number of rotatable bonds is 7. The van der Waals surface area contributed by atoms with Crippen molar-refractivity contribution in [3.05, 3.63) is 33.8 Å². The van der Waals surface area contributed by atoms with Crippen molar-refractivity contribution in [1.29, 1.82) is 0 Å². The molecule has 2 rings (SSSR count). The lowest BCUT2D eigenvalue weighted by Crippen LogP contribution is -2.32. The van der Waals surface area contributed by atoms with Gasteiger partial charge in [-0.1, -0.05) is 23.2 Å². The molecule has 0 aromatic heterocycles. The molecule has 1 atom stereocenters. The number of aliphatic hydroxyl groups is 1. The Labute approximate surface area is 128 Å². The number of ether oxygens (including phenoxy) is 1. The second-order valence-corrected chi connectivity index (χ2v) is 5.79. The summed E-state index contributed by atoms with van der Waals surface area (Å²) in [5.41, 5.74) is 0.374. The van der Waals surface area contributed by atoms with Gasteiger partial charge >= 0.3 is 0 Å². The number of aliphatic hydroxyl groups excluding tert-OH is 1. The van der Waals surface area contributed by atoms with E-state index in [1.807, 2.05) is 0 Å². The lowest BCUT2D eigenvalue weighted by atomic mass is 10.1. The standard InChI is InChI=1S/C14H17Cl2NO3/c15-11-5-10(6-12(16)7-11)13(18)14(19)17-3-4-20-8-9-1-2-9/h5-7,9,13,18H,1-4,8H2,(H,17,19). The maximum Gasteiger partial charge on any atom is 0.253 e. The first-order valence-electron chi connectivity index (χ1n) is 6.56. The summed E-state index contributed by atoms with van der Waals surface area (Å²) >= 11 is 11.7. The zero-order chi connectivity index (χ0) is 14.5. The Morgan fingerprint density at radius 3 is 2.60 bits per heavy atom. The van der Waals surface area contributed by atoms with E-state index in [0.717, 1.165) is 6.61 Å². The molecule has 0 radical (unpaired) electrons. The summed E-state index contributed by atoms with van der Waals surface area (Å²) in [5.74, 6) is 0.211. The highest BCUT2D eigenvalue weighted by molar-refractivity contribution is 6.34. The number of benzene rings is 1. The summed E-state index contributed by atoms with van der Waals surface area (Å²) in [7, 11) is 0. The van der Waals surface area contributed by atoms with Gasteiger partial charge in [0.05, 0.1) is 6.61 Å². The molecular weight excluding hydrogens is 301 g/mol. The van der Waals surface area contributed by atoms with Crippen molar-refractivity contribution in [1.82, 2.24) is 5.32 Å². The van der Waals surface area contributed by atoms with Gasteiger partial charge < -0.3 is 15.2 Å². The molecule has 0 aliphatic heterocycles. The highest BCUT2D eigenvalue weighted by Gasteiger charge is 2.21. The summed E-state index contributed by atoms with van der Waals surface area (Å²) < 4.78 is 5.39. The molecule has 0 saturated heterocycles. The second-order valence-electron chi connectivity index (χ2n) is 4.91. The minimum atomic E-state index is -1.28. The molecule has 1 fully saturated rings. The number of carbonyl (C=O) groups excluding carboxylic acids is 1. The van der Waals surface area contributed by atoms with Crippen molar-refractivity contribution in [2.75, 3.05) is 19.8 Å². The van der Waals surface area contributed by atoms with Crippen LogP contribution in [-0.2, 0) is 9.53 Å². The van der Waals surface area contributed by atoms with Crippen molar-refractivity contribution in [3.8, 4) is 0 Å². The van der Waals surface area contributed by atoms with Gasteiger partial charge in [0.2, 0.25) is 0 Å². The van der Waals surface area contributed by atoms with Crippen LogP contribution >= 0.6 is 23.2 Å². The molecule has 0 spiro atoms. The lowest BCUT2D eigenvalue weighted by molar-refractivity contribution is -0.129. The molecule has 2 N–H and O–H groups in total. The fraction of sp³-hybridized carbons (Fsp3) is 0.500. The highest BCUT2D eigenvalue weighted by Crippen LogP contribution is 2.28. The zero-order valence-electron chi connectivity index (χ0n) is 10.9. The fourth-order valence-corrected chi connectivity index (χ4v) is 2.30. The molecule has 1 amide bonds. The van der Waals surface area contributed by atoms with Gasteiger partial charge in [-0.3, -0.25) is 4.79 Å². The molecule has 110 valence electrons. The molecule has 6 heteroatoms. The van der Waals surface area contributed by atoms with Crippen LogP contribution < -0.4 is 5.32 Å². The van der Waals surface area contributed by atoms with Gasteiger partial charge in [0.1, 0.15) is 0 Å². The summed E-state index contributed by atoms with van der Waals surface area (Å²) in [5, 5.41) is 13.3. The molecule has 1 unspecified atom stereocenters. The van der Waals surface area contributed by atoms with Crippen molar-refractivity contribution in [3.63, 3.8) is 0 Å². The third-order valence-corrected chi connectivity index (χ3v) is 3.48. The van der Waals surface area contributed by atoms with E-state index in [1.165, 1.54) is 25.0 Å². The van der Waals surface area contributed by atoms with E-state index in [1.54, 1.807) is 6.07 Å². The normalized spacial score (nSPS) is 15.9. The second kappa shape index (κ2) is 7.27. The van der Waals surface area contributed by atoms with Gasteiger partial charge in [-0.05, 0) is 42.5 Å². The van der Waals surface area contributed by atoms with Gasteiger partial charge in [-0.15, -0.1) is 0 Å². The quantitative estimate of drug-likeness (QED) is 0.760. The number of halogens is 2. The van der Waals surface area contributed by atoms with E-state index in [4.69, 9.17) is 27.9 Å². The third-order valence-electron chi connectivity index (χ3n) is 3.05. The zero-order valence-corrected chi connectivity index (χ0v) is 12.5. The molecule has 1 aromatic carbocycles. The Bertz CT molecular complexity index is 457. The first kappa shape index (κ1) is 15.6. The summed E-state index contributed by atoms with van der Waals surface area (Å²) in [6, 6.07) is 4.57. The largest absolute Gasteiger partial charge is 0.379 e. The molecule has 1 saturated carbocycles. The molecule has 4 nitrogen and oxygen atoms in total. The summed E-state index contributed by atoms with van der Waals surface area (Å²) in [4.78, 5) is 11.8. The van der Waals surface area contributed by atoms with Crippen LogP contribution in [0.1, 0.15) is 24.5 Å². The summed E-state index contributed by atoms with van der Waals surface area (Å²) in [6.45, 7) is 1.57. The van der Waals surface area contributed by atoms with E-state index >= 15 is 0 Å². The van der Waals surface area contributed by atoms with Gasteiger partial charge in [0.25, 0.3) is 5.91 Å². The number of nitrogens with one attached hydrogen (secondary N) is 1. The van der Waals surface area contributed by atoms with E-state index in [2.05, 4.69) is 5.32 Å². The van der Waals surface area contributed by atoms with E-state index in [0.29, 0.717) is 34.7 Å². The molecular formula is C14H17Cl2NO3. The first-order chi connectivity index (χ1) is 9.56. The van der Waals surface area contributed by atoms with Crippen LogP contribution in [-0.4, -0.2) is 30.8 Å². The van der Waals surface area contributed by atoms with Crippen molar-refractivity contribution >= 4 is 29.1 Å².